The van der Waals surface area contributed by atoms with E-state index in [1.807, 2.05) is 0 Å². The van der Waals surface area contributed by atoms with E-state index in [0.29, 0.717) is 0 Å². The first-order valence-corrected chi connectivity index (χ1v) is 14.8. The van der Waals surface area contributed by atoms with Crippen LogP contribution in [0.4, 0.5) is 0 Å². The summed E-state index contributed by atoms with van der Waals surface area (Å²) in [4.78, 5) is 5.35. The fourth-order valence-electron chi connectivity index (χ4n) is 4.31. The van der Waals surface area contributed by atoms with E-state index in [1.54, 1.807) is 14.7 Å². The molecular formula is C27H66BN3O3. The molecule has 0 amide bonds. The molecular weight excluding hydrogens is 425 g/mol. The fraction of sp³-hybridized carbons (Fsp3) is 1.00. The maximum absolute atomic E-state index is 8.42. The summed E-state index contributed by atoms with van der Waals surface area (Å²) in [6.45, 7) is 32.7. The van der Waals surface area contributed by atoms with Gasteiger partial charge in [0.05, 0.1) is 58.9 Å². The first-order chi connectivity index (χ1) is 16.3. The Morgan fingerprint density at radius 2 is 0.412 bits per heavy atom. The number of hydrogen-bond acceptors (Lipinski definition) is 3. The van der Waals surface area contributed by atoms with E-state index in [4.69, 9.17) is 15.1 Å². The van der Waals surface area contributed by atoms with E-state index in [2.05, 4.69) is 62.3 Å². The molecule has 0 aromatic carbocycles. The van der Waals surface area contributed by atoms with Crippen molar-refractivity contribution >= 4 is 7.32 Å². The van der Waals surface area contributed by atoms with Gasteiger partial charge in [-0.3, -0.25) is 7.32 Å². The van der Waals surface area contributed by atoms with Crippen LogP contribution in [0.1, 0.15) is 120 Å². The second-order valence-electron chi connectivity index (χ2n) is 9.29. The first-order valence-electron chi connectivity index (χ1n) is 14.8. The van der Waals surface area contributed by atoms with E-state index in [0.717, 1.165) is 0 Å². The van der Waals surface area contributed by atoms with Crippen molar-refractivity contribution in [2.75, 3.05) is 58.9 Å². The van der Waals surface area contributed by atoms with Crippen LogP contribution in [0.15, 0.2) is 0 Å². The van der Waals surface area contributed by atoms with Gasteiger partial charge in [-0.2, -0.15) is 0 Å². The molecule has 0 saturated carbocycles. The van der Waals surface area contributed by atoms with Gasteiger partial charge >= 0.3 is 0 Å². The Morgan fingerprint density at radius 1 is 0.324 bits per heavy atom. The normalized spacial score (nSPS) is 10.3. The minimum Gasteiger partial charge on any atom is -0.907 e. The Hall–Kier alpha value is -0.175. The van der Waals surface area contributed by atoms with Crippen molar-refractivity contribution in [1.29, 1.82) is 0 Å². The lowest BCUT2D eigenvalue weighted by molar-refractivity contribution is -0.900. The van der Waals surface area contributed by atoms with E-state index >= 15 is 0 Å². The molecule has 3 N–H and O–H groups in total. The van der Waals surface area contributed by atoms with Crippen molar-refractivity contribution < 1.29 is 29.8 Å². The highest BCUT2D eigenvalue weighted by Gasteiger charge is 2.03. The van der Waals surface area contributed by atoms with Gasteiger partial charge in [0.25, 0.3) is 0 Å². The van der Waals surface area contributed by atoms with Gasteiger partial charge in [-0.15, -0.1) is 0 Å². The summed E-state index contributed by atoms with van der Waals surface area (Å²) in [5.41, 5.74) is 0. The summed E-state index contributed by atoms with van der Waals surface area (Å²) in [5, 5.41) is 25.2. The summed E-state index contributed by atoms with van der Waals surface area (Å²) < 4.78 is 0. The molecule has 0 radical (unpaired) electrons. The minimum atomic E-state index is -2.92. The summed E-state index contributed by atoms with van der Waals surface area (Å²) in [6.07, 6.45) is 12.0. The zero-order valence-corrected chi connectivity index (χ0v) is 25.0. The highest BCUT2D eigenvalue weighted by Crippen LogP contribution is 1.73. The third kappa shape index (κ3) is 42.0. The summed E-state index contributed by atoms with van der Waals surface area (Å²) in [7, 11) is -2.92. The van der Waals surface area contributed by atoms with Gasteiger partial charge in [0.1, 0.15) is 0 Å². The van der Waals surface area contributed by atoms with Crippen molar-refractivity contribution in [3.05, 3.63) is 0 Å². The molecule has 0 aromatic heterocycles. The molecule has 6 nitrogen and oxygen atoms in total. The molecule has 0 aliphatic carbocycles. The average molecular weight is 492 g/mol. The lowest BCUT2D eigenvalue weighted by Gasteiger charge is -2.35. The van der Waals surface area contributed by atoms with Gasteiger partial charge in [-0.25, -0.2) is 0 Å². The monoisotopic (exact) mass is 492 g/mol. The second-order valence-corrected chi connectivity index (χ2v) is 9.29. The highest BCUT2D eigenvalue weighted by molar-refractivity contribution is 6.24. The van der Waals surface area contributed by atoms with Gasteiger partial charge < -0.3 is 29.8 Å². The van der Waals surface area contributed by atoms with Crippen LogP contribution in [0.2, 0.25) is 0 Å². The van der Waals surface area contributed by atoms with Gasteiger partial charge in [-0.05, 0) is 57.8 Å². The van der Waals surface area contributed by atoms with Crippen molar-refractivity contribution in [2.45, 2.75) is 120 Å². The van der Waals surface area contributed by atoms with Crippen LogP contribution < -0.4 is 29.8 Å². The van der Waals surface area contributed by atoms with Crippen molar-refractivity contribution in [3.8, 4) is 0 Å². The predicted octanol–water partition coefficient (Wildman–Crippen LogP) is -0.644. The van der Waals surface area contributed by atoms with Crippen LogP contribution in [-0.4, -0.2) is 66.2 Å². The standard InChI is InChI=1S/3C9H21N.BO3/c3*1-4-7-10(8-5-2)9-6-3;2-1(3)4/h3*4-9H2,1-3H3;/q;;;-3/p+3. The molecule has 7 heteroatoms. The third-order valence-corrected chi connectivity index (χ3v) is 5.43. The van der Waals surface area contributed by atoms with Gasteiger partial charge in [-0.1, -0.05) is 62.3 Å². The summed E-state index contributed by atoms with van der Waals surface area (Å²) in [6, 6.07) is 0. The smallest absolute Gasteiger partial charge is 0.0768 e. The molecule has 0 aliphatic rings. The largest absolute Gasteiger partial charge is 0.907 e. The van der Waals surface area contributed by atoms with Crippen LogP contribution in [0.5, 0.6) is 0 Å². The predicted molar refractivity (Wildman–Crippen MR) is 145 cm³/mol. The minimum absolute atomic E-state index is 1.33. The highest BCUT2D eigenvalue weighted by atomic mass is 16.5. The second kappa shape index (κ2) is 37.4. The Labute approximate surface area is 216 Å². The molecule has 0 unspecified atom stereocenters. The van der Waals surface area contributed by atoms with Crippen LogP contribution >= 0.6 is 0 Å². The van der Waals surface area contributed by atoms with Crippen molar-refractivity contribution in [1.82, 2.24) is 0 Å². The Morgan fingerprint density at radius 3 is 0.471 bits per heavy atom. The van der Waals surface area contributed by atoms with Crippen LogP contribution in [0, 0.1) is 0 Å². The maximum atomic E-state index is 8.42. The zero-order chi connectivity index (χ0) is 27.0. The lowest BCUT2D eigenvalue weighted by Crippen LogP contribution is -3.11. The molecule has 0 fully saturated rings. The van der Waals surface area contributed by atoms with Crippen LogP contribution in [-0.2, 0) is 0 Å². The number of nitrogens with one attached hydrogen (secondary N) is 3. The fourth-order valence-corrected chi connectivity index (χ4v) is 4.31. The zero-order valence-electron chi connectivity index (χ0n) is 25.0. The molecule has 0 spiro atoms. The molecule has 0 aliphatic heterocycles. The van der Waals surface area contributed by atoms with Crippen LogP contribution in [0.25, 0.3) is 0 Å². The maximum Gasteiger partial charge on any atom is 0.0768 e. The Bertz CT molecular complexity index is 239. The Balaban J connectivity index is -0.000000184. The van der Waals surface area contributed by atoms with Crippen molar-refractivity contribution in [3.63, 3.8) is 0 Å². The topological polar surface area (TPSA) is 82.5 Å². The molecule has 34 heavy (non-hydrogen) atoms. The average Bonchev–Trinajstić information content (AvgIpc) is 2.76. The molecule has 0 bridgehead atoms. The molecule has 0 rings (SSSR count). The van der Waals surface area contributed by atoms with Gasteiger partial charge in [0, 0.05) is 0 Å². The molecule has 0 atom stereocenters. The number of hydrogen-bond donors (Lipinski definition) is 3. The number of rotatable bonds is 18. The van der Waals surface area contributed by atoms with Crippen molar-refractivity contribution in [2.24, 2.45) is 0 Å². The van der Waals surface area contributed by atoms with E-state index in [9.17, 15) is 0 Å². The van der Waals surface area contributed by atoms with E-state index in [-0.39, 0.29) is 0 Å². The van der Waals surface area contributed by atoms with Gasteiger partial charge in [0.2, 0.25) is 0 Å². The quantitative estimate of drug-likeness (QED) is 0.223. The number of quaternary nitrogens is 3. The van der Waals surface area contributed by atoms with E-state index < -0.39 is 7.32 Å². The summed E-state index contributed by atoms with van der Waals surface area (Å²) in [5.74, 6) is 0. The SMILES string of the molecule is CCC[NH+](CCC)CCC.CCC[NH+](CCC)CCC.CCC[NH+](CCC)CCC.[O-]B([O-])[O-]. The summed E-state index contributed by atoms with van der Waals surface area (Å²) >= 11 is 0. The lowest BCUT2D eigenvalue weighted by atomic mass is 10.3. The van der Waals surface area contributed by atoms with Gasteiger partial charge in [0.15, 0.2) is 0 Å². The first kappa shape index (κ1) is 41.0. The molecule has 0 aromatic rings. The molecule has 0 heterocycles. The van der Waals surface area contributed by atoms with E-state index in [1.165, 1.54) is 117 Å². The third-order valence-electron chi connectivity index (χ3n) is 5.43. The Kier molecular flexibility index (Phi) is 45.0. The molecule has 0 saturated heterocycles. The van der Waals surface area contributed by atoms with Crippen LogP contribution in [0.3, 0.4) is 0 Å². The molecule has 210 valence electrons.